The molecule has 0 amide bonds. The number of anilines is 1. The zero-order valence-electron chi connectivity index (χ0n) is 13.4. The van der Waals surface area contributed by atoms with Crippen molar-refractivity contribution in [1.29, 1.82) is 0 Å². The van der Waals surface area contributed by atoms with Gasteiger partial charge < -0.3 is 5.32 Å². The lowest BCUT2D eigenvalue weighted by atomic mass is 10.0. The Balaban J connectivity index is 1.95. The molecule has 3 aromatic rings. The molecule has 0 saturated heterocycles. The zero-order valence-corrected chi connectivity index (χ0v) is 15.7. The van der Waals surface area contributed by atoms with E-state index in [1.54, 1.807) is 6.07 Å². The molecule has 0 bridgehead atoms. The van der Waals surface area contributed by atoms with Gasteiger partial charge in [-0.1, -0.05) is 40.9 Å². The van der Waals surface area contributed by atoms with Crippen LogP contribution in [0, 0.1) is 0 Å². The number of hydrogen-bond donors (Lipinski definition) is 1. The van der Waals surface area contributed by atoms with Gasteiger partial charge in [0.05, 0.1) is 16.4 Å². The molecule has 0 saturated carbocycles. The average Bonchev–Trinajstić information content (AvgIpc) is 2.78. The van der Waals surface area contributed by atoms with Crippen LogP contribution in [0.25, 0.3) is 16.9 Å². The summed E-state index contributed by atoms with van der Waals surface area (Å²) in [5.74, 6) is 1.01. The molecule has 0 atom stereocenters. The Morgan fingerprint density at radius 2 is 1.80 bits per heavy atom. The SMILES string of the molecule is Clc1cccc(-n2nc(-c3cc(Cl)ccc3Cl)c3c2NCCCC3)c1. The van der Waals surface area contributed by atoms with E-state index in [4.69, 9.17) is 39.9 Å². The van der Waals surface area contributed by atoms with E-state index >= 15 is 0 Å². The van der Waals surface area contributed by atoms with E-state index in [0.717, 1.165) is 48.6 Å². The zero-order chi connectivity index (χ0) is 17.4. The van der Waals surface area contributed by atoms with Crippen LogP contribution in [0.15, 0.2) is 42.5 Å². The highest BCUT2D eigenvalue weighted by molar-refractivity contribution is 6.35. The summed E-state index contributed by atoms with van der Waals surface area (Å²) in [6.07, 6.45) is 3.17. The number of hydrogen-bond acceptors (Lipinski definition) is 2. The number of nitrogens with one attached hydrogen (secondary N) is 1. The van der Waals surface area contributed by atoms with Gasteiger partial charge in [0.2, 0.25) is 0 Å². The van der Waals surface area contributed by atoms with Crippen LogP contribution in [-0.4, -0.2) is 16.3 Å². The van der Waals surface area contributed by atoms with Crippen molar-refractivity contribution >= 4 is 40.6 Å². The Bertz CT molecular complexity index is 934. The lowest BCUT2D eigenvalue weighted by Gasteiger charge is -2.09. The minimum absolute atomic E-state index is 0.645. The van der Waals surface area contributed by atoms with Crippen LogP contribution in [-0.2, 0) is 6.42 Å². The number of rotatable bonds is 2. The monoisotopic (exact) mass is 391 g/mol. The predicted octanol–water partition coefficient (Wildman–Crippen LogP) is 6.25. The van der Waals surface area contributed by atoms with E-state index in [1.165, 1.54) is 5.56 Å². The summed E-state index contributed by atoms with van der Waals surface area (Å²) in [7, 11) is 0. The summed E-state index contributed by atoms with van der Waals surface area (Å²) >= 11 is 18.8. The van der Waals surface area contributed by atoms with Crippen molar-refractivity contribution in [3.8, 4) is 16.9 Å². The van der Waals surface area contributed by atoms with Gasteiger partial charge in [0.15, 0.2) is 0 Å². The lowest BCUT2D eigenvalue weighted by Crippen LogP contribution is -2.07. The third-order valence-electron chi connectivity index (χ3n) is 4.37. The molecule has 0 aliphatic carbocycles. The van der Waals surface area contributed by atoms with E-state index in [2.05, 4.69) is 5.32 Å². The first kappa shape index (κ1) is 16.8. The normalized spacial score (nSPS) is 13.9. The Labute approximate surface area is 161 Å². The summed E-state index contributed by atoms with van der Waals surface area (Å²) in [5.41, 5.74) is 3.82. The first-order chi connectivity index (χ1) is 12.1. The predicted molar refractivity (Wildman–Crippen MR) is 105 cm³/mol. The fourth-order valence-corrected chi connectivity index (χ4v) is 3.76. The number of nitrogens with zero attached hydrogens (tertiary/aromatic N) is 2. The summed E-state index contributed by atoms with van der Waals surface area (Å²) < 4.78 is 1.92. The molecule has 2 aromatic carbocycles. The Morgan fingerprint density at radius 1 is 0.960 bits per heavy atom. The van der Waals surface area contributed by atoms with Crippen LogP contribution in [0.3, 0.4) is 0 Å². The maximum absolute atomic E-state index is 6.45. The second-order valence-electron chi connectivity index (χ2n) is 6.08. The first-order valence-corrected chi connectivity index (χ1v) is 9.34. The van der Waals surface area contributed by atoms with Gasteiger partial charge in [-0.3, -0.25) is 0 Å². The van der Waals surface area contributed by atoms with Gasteiger partial charge in [-0.05, 0) is 55.7 Å². The third-order valence-corrected chi connectivity index (χ3v) is 5.17. The van der Waals surface area contributed by atoms with Crippen molar-refractivity contribution in [2.75, 3.05) is 11.9 Å². The molecule has 3 nitrogen and oxygen atoms in total. The van der Waals surface area contributed by atoms with Gasteiger partial charge in [0, 0.05) is 27.7 Å². The van der Waals surface area contributed by atoms with Crippen LogP contribution in [0.2, 0.25) is 15.1 Å². The van der Waals surface area contributed by atoms with Gasteiger partial charge in [0.25, 0.3) is 0 Å². The largest absolute Gasteiger partial charge is 0.370 e. The number of benzene rings is 2. The molecule has 2 heterocycles. The minimum Gasteiger partial charge on any atom is -0.370 e. The van der Waals surface area contributed by atoms with Crippen molar-refractivity contribution in [2.24, 2.45) is 0 Å². The molecular formula is C19H16Cl3N3. The highest BCUT2D eigenvalue weighted by Gasteiger charge is 2.23. The highest BCUT2D eigenvalue weighted by Crippen LogP contribution is 2.38. The standard InChI is InChI=1S/C19H16Cl3N3/c20-12-4-3-5-14(10-12)25-19-15(6-1-2-9-23-19)18(24-25)16-11-13(21)7-8-17(16)22/h3-5,7-8,10-11,23H,1-2,6,9H2. The number of aromatic nitrogens is 2. The Hall–Kier alpha value is -1.68. The molecule has 0 radical (unpaired) electrons. The molecule has 6 heteroatoms. The summed E-state index contributed by atoms with van der Waals surface area (Å²) in [4.78, 5) is 0. The molecule has 128 valence electrons. The van der Waals surface area contributed by atoms with E-state index in [1.807, 2.05) is 41.1 Å². The number of fused-ring (bicyclic) bond motifs is 1. The topological polar surface area (TPSA) is 29.9 Å². The average molecular weight is 393 g/mol. The molecule has 4 rings (SSSR count). The van der Waals surface area contributed by atoms with Crippen molar-refractivity contribution in [2.45, 2.75) is 19.3 Å². The molecule has 1 aromatic heterocycles. The highest BCUT2D eigenvalue weighted by atomic mass is 35.5. The van der Waals surface area contributed by atoms with Crippen LogP contribution >= 0.6 is 34.8 Å². The minimum atomic E-state index is 0.645. The van der Waals surface area contributed by atoms with Crippen LogP contribution < -0.4 is 5.32 Å². The van der Waals surface area contributed by atoms with Crippen molar-refractivity contribution < 1.29 is 0 Å². The fourth-order valence-electron chi connectivity index (χ4n) is 3.19. The van der Waals surface area contributed by atoms with Gasteiger partial charge in [-0.2, -0.15) is 5.10 Å². The lowest BCUT2D eigenvalue weighted by molar-refractivity contribution is 0.780. The first-order valence-electron chi connectivity index (χ1n) is 8.20. The quantitative estimate of drug-likeness (QED) is 0.559. The molecule has 1 aliphatic rings. The van der Waals surface area contributed by atoms with Gasteiger partial charge >= 0.3 is 0 Å². The molecule has 0 fully saturated rings. The maximum atomic E-state index is 6.45. The van der Waals surface area contributed by atoms with E-state index < -0.39 is 0 Å². The smallest absolute Gasteiger partial charge is 0.133 e. The van der Waals surface area contributed by atoms with Crippen LogP contribution in [0.4, 0.5) is 5.82 Å². The van der Waals surface area contributed by atoms with E-state index in [-0.39, 0.29) is 0 Å². The Kier molecular flexibility index (Phi) is 4.63. The fraction of sp³-hybridized carbons (Fsp3) is 0.211. The van der Waals surface area contributed by atoms with Gasteiger partial charge in [-0.15, -0.1) is 0 Å². The van der Waals surface area contributed by atoms with Gasteiger partial charge in [0.1, 0.15) is 5.82 Å². The van der Waals surface area contributed by atoms with Crippen molar-refractivity contribution in [1.82, 2.24) is 9.78 Å². The molecule has 1 N–H and O–H groups in total. The summed E-state index contributed by atoms with van der Waals surface area (Å²) in [6, 6.07) is 13.2. The van der Waals surface area contributed by atoms with E-state index in [0.29, 0.717) is 15.1 Å². The maximum Gasteiger partial charge on any atom is 0.133 e. The Morgan fingerprint density at radius 3 is 2.64 bits per heavy atom. The third kappa shape index (κ3) is 3.24. The van der Waals surface area contributed by atoms with Crippen molar-refractivity contribution in [3.63, 3.8) is 0 Å². The van der Waals surface area contributed by atoms with E-state index in [9.17, 15) is 0 Å². The van der Waals surface area contributed by atoms with Crippen LogP contribution in [0.1, 0.15) is 18.4 Å². The molecule has 1 aliphatic heterocycles. The summed E-state index contributed by atoms with van der Waals surface area (Å²) in [6.45, 7) is 0.919. The second-order valence-corrected chi connectivity index (χ2v) is 7.36. The van der Waals surface area contributed by atoms with Gasteiger partial charge in [-0.25, -0.2) is 4.68 Å². The molecule has 0 unspecified atom stereocenters. The van der Waals surface area contributed by atoms with Crippen molar-refractivity contribution in [3.05, 3.63) is 63.1 Å². The molecule has 0 spiro atoms. The second kappa shape index (κ2) is 6.91. The molecular weight excluding hydrogens is 377 g/mol. The summed E-state index contributed by atoms with van der Waals surface area (Å²) in [5, 5.41) is 10.4. The number of halogens is 3. The van der Waals surface area contributed by atoms with Crippen LogP contribution in [0.5, 0.6) is 0 Å². The molecule has 25 heavy (non-hydrogen) atoms.